The molecule has 1 aromatic carbocycles. The molecule has 0 spiro atoms. The van der Waals surface area contributed by atoms with Crippen molar-refractivity contribution in [1.82, 2.24) is 4.57 Å². The summed E-state index contributed by atoms with van der Waals surface area (Å²) in [6, 6.07) is 13.7. The van der Waals surface area contributed by atoms with Crippen molar-refractivity contribution in [3.05, 3.63) is 59.4 Å². The van der Waals surface area contributed by atoms with Crippen LogP contribution in [0.5, 0.6) is 0 Å². The second-order valence-corrected chi connectivity index (χ2v) is 13.2. The number of rotatable bonds is 10. The van der Waals surface area contributed by atoms with Crippen molar-refractivity contribution >= 4 is 14.4 Å². The minimum Gasteiger partial charge on any atom is -0.361 e. The first-order valence-electron chi connectivity index (χ1n) is 8.74. The fraction of sp³-hybridized carbons (Fsp3) is 0.450. The minimum absolute atomic E-state index is 0.469. The van der Waals surface area contributed by atoms with Crippen LogP contribution in [-0.4, -0.2) is 25.5 Å². The quantitative estimate of drug-likeness (QED) is 0.353. The van der Waals surface area contributed by atoms with Gasteiger partial charge in [-0.3, -0.25) is 4.79 Å². The van der Waals surface area contributed by atoms with Gasteiger partial charge in [-0.25, -0.2) is 0 Å². The van der Waals surface area contributed by atoms with Gasteiger partial charge in [-0.1, -0.05) is 50.0 Å². The molecule has 0 amide bonds. The molecule has 24 heavy (non-hydrogen) atoms. The molecule has 0 unspecified atom stereocenters. The van der Waals surface area contributed by atoms with E-state index in [1.54, 1.807) is 0 Å². The molecule has 0 fully saturated rings. The van der Waals surface area contributed by atoms with Crippen molar-refractivity contribution in [2.24, 2.45) is 0 Å². The number of aromatic nitrogens is 1. The third kappa shape index (κ3) is 6.46. The molecule has 0 aliphatic rings. The second kappa shape index (κ2) is 8.99. The highest BCUT2D eigenvalue weighted by Crippen LogP contribution is 2.13. The number of aldehydes is 1. The maximum absolute atomic E-state index is 11.3. The Labute approximate surface area is 146 Å². The number of hydrogen-bond acceptors (Lipinski definition) is 2. The fourth-order valence-electron chi connectivity index (χ4n) is 2.62. The van der Waals surface area contributed by atoms with E-state index in [4.69, 9.17) is 4.74 Å². The molecule has 0 atom stereocenters. The number of nitrogens with zero attached hydrogens (tertiary/aromatic N) is 1. The first-order valence-corrected chi connectivity index (χ1v) is 12.4. The molecule has 0 radical (unpaired) electrons. The van der Waals surface area contributed by atoms with E-state index in [1.165, 1.54) is 11.1 Å². The van der Waals surface area contributed by atoms with E-state index in [2.05, 4.69) is 50.1 Å². The van der Waals surface area contributed by atoms with Gasteiger partial charge in [0.2, 0.25) is 0 Å². The normalized spacial score (nSPS) is 11.6. The van der Waals surface area contributed by atoms with Crippen LogP contribution in [0.1, 0.15) is 28.0 Å². The molecule has 130 valence electrons. The fourth-order valence-corrected chi connectivity index (χ4v) is 3.37. The molecule has 3 nitrogen and oxygen atoms in total. The van der Waals surface area contributed by atoms with E-state index < -0.39 is 8.07 Å². The van der Waals surface area contributed by atoms with E-state index >= 15 is 0 Å². The summed E-state index contributed by atoms with van der Waals surface area (Å²) in [4.78, 5) is 11.3. The van der Waals surface area contributed by atoms with Crippen LogP contribution < -0.4 is 0 Å². The summed E-state index contributed by atoms with van der Waals surface area (Å²) in [5, 5.41) is 0. The van der Waals surface area contributed by atoms with Gasteiger partial charge in [0.25, 0.3) is 0 Å². The third-order valence-corrected chi connectivity index (χ3v) is 5.81. The van der Waals surface area contributed by atoms with E-state index in [9.17, 15) is 4.79 Å². The molecule has 0 N–H and O–H groups in total. The average molecular weight is 344 g/mol. The SMILES string of the molecule is C[Si](C)(C)CCOCn1cc(CCCc2ccccc2)cc1C=O. The first kappa shape index (κ1) is 18.7. The van der Waals surface area contributed by atoms with Gasteiger partial charge in [0, 0.05) is 20.9 Å². The van der Waals surface area contributed by atoms with Gasteiger partial charge in [0.15, 0.2) is 6.29 Å². The van der Waals surface area contributed by atoms with Crippen LogP contribution in [0.3, 0.4) is 0 Å². The van der Waals surface area contributed by atoms with E-state index in [0.29, 0.717) is 12.4 Å². The van der Waals surface area contributed by atoms with Crippen molar-refractivity contribution in [3.63, 3.8) is 0 Å². The number of hydrogen-bond donors (Lipinski definition) is 0. The highest BCUT2D eigenvalue weighted by atomic mass is 28.3. The third-order valence-electron chi connectivity index (χ3n) is 4.11. The van der Waals surface area contributed by atoms with Crippen LogP contribution in [0.25, 0.3) is 0 Å². The van der Waals surface area contributed by atoms with Crippen LogP contribution in [-0.2, 0) is 24.3 Å². The Bertz CT molecular complexity index is 629. The lowest BCUT2D eigenvalue weighted by Crippen LogP contribution is -2.22. The summed E-state index contributed by atoms with van der Waals surface area (Å²) in [5.41, 5.74) is 3.28. The van der Waals surface area contributed by atoms with Gasteiger partial charge in [0.05, 0.1) is 5.69 Å². The van der Waals surface area contributed by atoms with Crippen molar-refractivity contribution < 1.29 is 9.53 Å². The topological polar surface area (TPSA) is 31.2 Å². The molecular weight excluding hydrogens is 314 g/mol. The molecule has 2 aromatic rings. The van der Waals surface area contributed by atoms with Gasteiger partial charge >= 0.3 is 0 Å². The van der Waals surface area contributed by atoms with E-state index in [0.717, 1.165) is 38.2 Å². The predicted molar refractivity (Wildman–Crippen MR) is 102 cm³/mol. The van der Waals surface area contributed by atoms with E-state index in [1.807, 2.05) is 16.7 Å². The largest absolute Gasteiger partial charge is 0.361 e. The van der Waals surface area contributed by atoms with Crippen LogP contribution >= 0.6 is 0 Å². The molecule has 0 saturated carbocycles. The zero-order valence-corrected chi connectivity index (χ0v) is 16.1. The number of benzene rings is 1. The first-order chi connectivity index (χ1) is 11.5. The summed E-state index contributed by atoms with van der Waals surface area (Å²) in [6.07, 6.45) is 6.11. The Hall–Kier alpha value is -1.65. The predicted octanol–water partition coefficient (Wildman–Crippen LogP) is 4.79. The lowest BCUT2D eigenvalue weighted by Gasteiger charge is -2.15. The van der Waals surface area contributed by atoms with Gasteiger partial charge in [0.1, 0.15) is 6.73 Å². The number of ether oxygens (including phenoxy) is 1. The Morgan fingerprint density at radius 1 is 1.08 bits per heavy atom. The summed E-state index contributed by atoms with van der Waals surface area (Å²) >= 11 is 0. The van der Waals surface area contributed by atoms with Gasteiger partial charge in [-0.2, -0.15) is 0 Å². The summed E-state index contributed by atoms with van der Waals surface area (Å²) in [7, 11) is -1.07. The molecule has 1 aromatic heterocycles. The molecule has 0 saturated heterocycles. The van der Waals surface area contributed by atoms with Gasteiger partial charge in [-0.15, -0.1) is 0 Å². The standard InChI is InChI=1S/C20H29NO2Si/c1-24(2,3)13-12-23-17-21-15-19(14-20(21)16-22)11-7-10-18-8-5-4-6-9-18/h4-6,8-9,14-16H,7,10-13,17H2,1-3H3. The zero-order valence-electron chi connectivity index (χ0n) is 15.1. The highest BCUT2D eigenvalue weighted by molar-refractivity contribution is 6.76. The lowest BCUT2D eigenvalue weighted by atomic mass is 10.1. The maximum Gasteiger partial charge on any atom is 0.166 e. The Kier molecular flexibility index (Phi) is 7.00. The summed E-state index contributed by atoms with van der Waals surface area (Å²) in [5.74, 6) is 0. The van der Waals surface area contributed by atoms with Crippen molar-refractivity contribution in [3.8, 4) is 0 Å². The van der Waals surface area contributed by atoms with Gasteiger partial charge in [-0.05, 0) is 42.5 Å². The van der Waals surface area contributed by atoms with Crippen LogP contribution in [0.15, 0.2) is 42.6 Å². The molecular formula is C20H29NO2Si. The molecule has 0 bridgehead atoms. The van der Waals surface area contributed by atoms with Crippen molar-refractivity contribution in [2.45, 2.75) is 51.7 Å². The zero-order chi connectivity index (χ0) is 17.4. The van der Waals surface area contributed by atoms with E-state index in [-0.39, 0.29) is 0 Å². The number of aryl methyl sites for hydroxylation is 2. The molecule has 0 aliphatic carbocycles. The van der Waals surface area contributed by atoms with Crippen molar-refractivity contribution in [2.75, 3.05) is 6.61 Å². The smallest absolute Gasteiger partial charge is 0.166 e. The number of carbonyl (C=O) groups excluding carboxylic acids is 1. The second-order valence-electron chi connectivity index (χ2n) is 7.55. The molecule has 1 heterocycles. The van der Waals surface area contributed by atoms with Crippen LogP contribution in [0, 0.1) is 0 Å². The molecule has 2 rings (SSSR count). The Balaban J connectivity index is 1.81. The average Bonchev–Trinajstić information content (AvgIpc) is 2.94. The molecule has 4 heteroatoms. The van der Waals surface area contributed by atoms with Crippen molar-refractivity contribution in [1.29, 1.82) is 0 Å². The Morgan fingerprint density at radius 3 is 2.46 bits per heavy atom. The summed E-state index contributed by atoms with van der Waals surface area (Å²) in [6.45, 7) is 8.27. The maximum atomic E-state index is 11.3. The summed E-state index contributed by atoms with van der Waals surface area (Å²) < 4.78 is 7.69. The molecule has 0 aliphatic heterocycles. The van der Waals surface area contributed by atoms with Gasteiger partial charge < -0.3 is 9.30 Å². The monoisotopic (exact) mass is 343 g/mol. The number of carbonyl (C=O) groups is 1. The minimum atomic E-state index is -1.07. The van der Waals surface area contributed by atoms with Crippen LogP contribution in [0.4, 0.5) is 0 Å². The lowest BCUT2D eigenvalue weighted by molar-refractivity contribution is 0.0837. The Morgan fingerprint density at radius 2 is 1.79 bits per heavy atom. The highest BCUT2D eigenvalue weighted by Gasteiger charge is 2.12. The van der Waals surface area contributed by atoms with Crippen LogP contribution in [0.2, 0.25) is 25.7 Å².